The summed E-state index contributed by atoms with van der Waals surface area (Å²) >= 11 is 0.659. The Morgan fingerprint density at radius 3 is 2.48 bits per heavy atom. The lowest BCUT2D eigenvalue weighted by Crippen LogP contribution is -2.57. The lowest BCUT2D eigenvalue weighted by molar-refractivity contribution is -0.205. The molecular formula is C11H20NO10S3-. The molecule has 0 amide bonds. The zero-order chi connectivity index (χ0) is 19.2. The fraction of sp³-hybridized carbons (Fsp3) is 0.909. The van der Waals surface area contributed by atoms with E-state index in [9.17, 15) is 32.5 Å². The summed E-state index contributed by atoms with van der Waals surface area (Å²) in [6.45, 7) is -0.630. The van der Waals surface area contributed by atoms with Crippen molar-refractivity contribution in [2.45, 2.75) is 42.7 Å². The minimum atomic E-state index is -5.09. The van der Waals surface area contributed by atoms with E-state index < -0.39 is 57.7 Å². The summed E-state index contributed by atoms with van der Waals surface area (Å²) in [6, 6.07) is 0. The largest absolute Gasteiger partial charge is 0.714 e. The van der Waals surface area contributed by atoms with Gasteiger partial charge in [-0.15, -0.1) is 0 Å². The van der Waals surface area contributed by atoms with Crippen LogP contribution in [0.1, 0.15) is 12.8 Å². The van der Waals surface area contributed by atoms with Crippen molar-refractivity contribution in [2.24, 2.45) is 5.16 Å². The van der Waals surface area contributed by atoms with Gasteiger partial charge in [0.2, 0.25) is 0 Å². The third kappa shape index (κ3) is 7.84. The number of aliphatic hydroxyl groups is 4. The highest BCUT2D eigenvalue weighted by Gasteiger charge is 2.44. The van der Waals surface area contributed by atoms with Gasteiger partial charge in [-0.2, -0.15) is 8.42 Å². The van der Waals surface area contributed by atoms with Gasteiger partial charge in [-0.3, -0.25) is 8.49 Å². The van der Waals surface area contributed by atoms with E-state index in [4.69, 9.17) is 9.84 Å². The van der Waals surface area contributed by atoms with Crippen molar-refractivity contribution < 1.29 is 46.6 Å². The number of hydrogen-bond acceptors (Lipinski definition) is 12. The SMILES string of the molecule is CS(=O)CCC/C(=N\OS(=O)(=O)[O-])S[C@@H]1O[C@H](CO)[C@@H](O)[C@H](O)[C@H]1O. The molecule has 1 aliphatic heterocycles. The van der Waals surface area contributed by atoms with Gasteiger partial charge in [0.05, 0.1) is 6.61 Å². The zero-order valence-electron chi connectivity index (χ0n) is 13.1. The molecule has 0 aromatic carbocycles. The van der Waals surface area contributed by atoms with Gasteiger partial charge in [0.15, 0.2) is 0 Å². The van der Waals surface area contributed by atoms with Crippen molar-refractivity contribution in [3.63, 3.8) is 0 Å². The van der Waals surface area contributed by atoms with Crippen LogP contribution in [0, 0.1) is 0 Å². The third-order valence-corrected chi connectivity index (χ3v) is 5.45. The van der Waals surface area contributed by atoms with Crippen LogP contribution in [0.3, 0.4) is 0 Å². The second-order valence-corrected chi connectivity index (χ2v) is 8.86. The maximum atomic E-state index is 11.1. The molecule has 0 radical (unpaired) electrons. The van der Waals surface area contributed by atoms with Crippen molar-refractivity contribution in [2.75, 3.05) is 18.6 Å². The second kappa shape index (κ2) is 10.1. The number of oxime groups is 1. The molecule has 0 aromatic heterocycles. The number of nitrogens with zero attached hydrogens (tertiary/aromatic N) is 1. The molecule has 0 saturated carbocycles. The second-order valence-electron chi connectivity index (χ2n) is 5.16. The zero-order valence-corrected chi connectivity index (χ0v) is 15.6. The quantitative estimate of drug-likeness (QED) is 0.106. The molecule has 0 aliphatic carbocycles. The Hall–Kier alpha value is -0.320. The van der Waals surface area contributed by atoms with Crippen LogP contribution >= 0.6 is 11.8 Å². The van der Waals surface area contributed by atoms with Gasteiger partial charge in [0.25, 0.3) is 10.4 Å². The first kappa shape index (κ1) is 22.7. The monoisotopic (exact) mass is 422 g/mol. The van der Waals surface area contributed by atoms with Crippen LogP contribution in [-0.4, -0.2) is 91.1 Å². The molecule has 6 atom stereocenters. The van der Waals surface area contributed by atoms with E-state index >= 15 is 0 Å². The van der Waals surface area contributed by atoms with Crippen LogP contribution in [0.5, 0.6) is 0 Å². The number of aliphatic hydroxyl groups excluding tert-OH is 4. The summed E-state index contributed by atoms with van der Waals surface area (Å²) in [6.07, 6.45) is -4.03. The van der Waals surface area contributed by atoms with E-state index in [0.717, 1.165) is 0 Å². The van der Waals surface area contributed by atoms with E-state index in [1.54, 1.807) is 0 Å². The number of rotatable bonds is 8. The number of thioether (sulfide) groups is 1. The van der Waals surface area contributed by atoms with Crippen LogP contribution in [-0.2, 0) is 30.2 Å². The van der Waals surface area contributed by atoms with Gasteiger partial charge in [0.1, 0.15) is 34.9 Å². The van der Waals surface area contributed by atoms with Crippen molar-refractivity contribution in [1.82, 2.24) is 0 Å². The molecule has 14 heteroatoms. The topological polar surface area (TPSA) is 186 Å². The molecule has 1 unspecified atom stereocenters. The van der Waals surface area contributed by atoms with Gasteiger partial charge >= 0.3 is 0 Å². The molecule has 25 heavy (non-hydrogen) atoms. The normalized spacial score (nSPS) is 32.4. The van der Waals surface area contributed by atoms with Crippen molar-refractivity contribution in [3.8, 4) is 0 Å². The standard InChI is InChI=1S/C11H21NO10S3/c1-24(17)4-2-3-7(12-22-25(18,19)20)23-11-10(16)9(15)8(14)6(5-13)21-11/h6,8-11,13-16H,2-5H2,1H3,(H,18,19,20)/p-1/b12-7+/t6-,8-,9+,10-,11+,24?/m1/s1. The van der Waals surface area contributed by atoms with Gasteiger partial charge in [-0.25, -0.2) is 0 Å². The van der Waals surface area contributed by atoms with Gasteiger partial charge in [0, 0.05) is 29.2 Å². The summed E-state index contributed by atoms with van der Waals surface area (Å²) in [4.78, 5) is 0. The van der Waals surface area contributed by atoms with Crippen LogP contribution in [0.4, 0.5) is 0 Å². The van der Waals surface area contributed by atoms with Crippen molar-refractivity contribution in [3.05, 3.63) is 0 Å². The Labute approximate surface area is 151 Å². The molecule has 11 nitrogen and oxygen atoms in total. The highest BCUT2D eigenvalue weighted by atomic mass is 32.3. The summed E-state index contributed by atoms with van der Waals surface area (Å²) in [5.74, 6) is 0.276. The molecule has 0 bridgehead atoms. The van der Waals surface area contributed by atoms with E-state index in [1.807, 2.05) is 0 Å². The van der Waals surface area contributed by atoms with E-state index in [-0.39, 0.29) is 17.2 Å². The molecule has 1 aliphatic rings. The first-order valence-electron chi connectivity index (χ1n) is 7.03. The molecule has 1 saturated heterocycles. The van der Waals surface area contributed by atoms with Crippen LogP contribution in [0.2, 0.25) is 0 Å². The van der Waals surface area contributed by atoms with Gasteiger partial charge in [-0.05, 0) is 6.42 Å². The molecule has 0 spiro atoms. The fourth-order valence-electron chi connectivity index (χ4n) is 1.94. The molecule has 1 fully saturated rings. The summed E-state index contributed by atoms with van der Waals surface area (Å²) in [5, 5.41) is 41.7. The maximum absolute atomic E-state index is 11.1. The van der Waals surface area contributed by atoms with Crippen LogP contribution < -0.4 is 0 Å². The smallest absolute Gasteiger partial charge is 0.284 e. The highest BCUT2D eigenvalue weighted by Crippen LogP contribution is 2.30. The molecule has 4 N–H and O–H groups in total. The van der Waals surface area contributed by atoms with Crippen molar-refractivity contribution in [1.29, 1.82) is 0 Å². The Kier molecular flexibility index (Phi) is 9.20. The Balaban J connectivity index is 2.85. The average Bonchev–Trinajstić information content (AvgIpc) is 2.51. The fourth-order valence-corrected chi connectivity index (χ4v) is 3.83. The van der Waals surface area contributed by atoms with Gasteiger partial charge < -0.3 is 29.7 Å². The molecule has 1 heterocycles. The Morgan fingerprint density at radius 2 is 1.96 bits per heavy atom. The number of hydrogen-bond donors (Lipinski definition) is 4. The maximum Gasteiger partial charge on any atom is 0.284 e. The predicted molar refractivity (Wildman–Crippen MR) is 87.7 cm³/mol. The van der Waals surface area contributed by atoms with Crippen LogP contribution in [0.25, 0.3) is 0 Å². The van der Waals surface area contributed by atoms with E-state index in [2.05, 4.69) is 9.44 Å². The van der Waals surface area contributed by atoms with E-state index in [1.165, 1.54) is 6.26 Å². The molecule has 0 aromatic rings. The van der Waals surface area contributed by atoms with Gasteiger partial charge in [-0.1, -0.05) is 16.9 Å². The lowest BCUT2D eigenvalue weighted by atomic mass is 10.0. The summed E-state index contributed by atoms with van der Waals surface area (Å²) in [7, 11) is -6.20. The number of ether oxygens (including phenoxy) is 1. The minimum Gasteiger partial charge on any atom is -0.714 e. The Bertz CT molecular complexity index is 581. The minimum absolute atomic E-state index is 0.0609. The first-order valence-corrected chi connectivity index (χ1v) is 11.0. The van der Waals surface area contributed by atoms with Crippen LogP contribution in [0.15, 0.2) is 5.16 Å². The molecular weight excluding hydrogens is 402 g/mol. The lowest BCUT2D eigenvalue weighted by Gasteiger charge is -2.39. The summed E-state index contributed by atoms with van der Waals surface area (Å²) in [5.41, 5.74) is -1.21. The summed E-state index contributed by atoms with van der Waals surface area (Å²) < 4.78 is 51.8. The Morgan fingerprint density at radius 1 is 1.32 bits per heavy atom. The highest BCUT2D eigenvalue weighted by molar-refractivity contribution is 8.14. The molecule has 148 valence electrons. The van der Waals surface area contributed by atoms with Crippen molar-refractivity contribution >= 4 is 38.0 Å². The average molecular weight is 422 g/mol. The predicted octanol–water partition coefficient (Wildman–Crippen LogP) is -2.53. The first-order chi connectivity index (χ1) is 11.5. The molecule has 1 rings (SSSR count). The third-order valence-electron chi connectivity index (χ3n) is 3.15. The van der Waals surface area contributed by atoms with E-state index in [0.29, 0.717) is 18.2 Å².